The Morgan fingerprint density at radius 2 is 1.89 bits per heavy atom. The first-order chi connectivity index (χ1) is 13.0. The fourth-order valence-electron chi connectivity index (χ4n) is 2.72. The molecule has 0 bridgehead atoms. The molecule has 0 aliphatic carbocycles. The highest BCUT2D eigenvalue weighted by Crippen LogP contribution is 2.11. The number of aromatic nitrogens is 1. The first-order valence-electron chi connectivity index (χ1n) is 8.60. The van der Waals surface area contributed by atoms with E-state index in [4.69, 9.17) is 9.47 Å². The number of morpholine rings is 1. The molecule has 27 heavy (non-hydrogen) atoms. The van der Waals surface area contributed by atoms with Crippen LogP contribution in [0.1, 0.15) is 10.4 Å². The third-order valence-corrected chi connectivity index (χ3v) is 4.12. The van der Waals surface area contributed by atoms with Crippen LogP contribution >= 0.6 is 0 Å². The van der Waals surface area contributed by atoms with Gasteiger partial charge in [-0.3, -0.25) is 14.4 Å². The van der Waals surface area contributed by atoms with Gasteiger partial charge in [-0.25, -0.2) is 0 Å². The lowest BCUT2D eigenvalue weighted by Crippen LogP contribution is -2.41. The molecule has 1 saturated heterocycles. The van der Waals surface area contributed by atoms with Crippen LogP contribution in [0.15, 0.2) is 47.4 Å². The van der Waals surface area contributed by atoms with Crippen molar-refractivity contribution in [3.63, 3.8) is 0 Å². The van der Waals surface area contributed by atoms with E-state index >= 15 is 0 Å². The summed E-state index contributed by atoms with van der Waals surface area (Å²) in [4.78, 5) is 38.7. The second-order valence-corrected chi connectivity index (χ2v) is 6.11. The number of nitrogens with one attached hydrogen (secondary N) is 1. The number of carbonyl (C=O) groups is 2. The summed E-state index contributed by atoms with van der Waals surface area (Å²) in [6.45, 7) is 1.72. The number of nitrogens with zero attached hydrogens (tertiary/aromatic N) is 2. The average molecular weight is 371 g/mol. The SMILES string of the molecule is Cn1cc(C(=O)N2CCOCC2)cc(NC(=O)COc2ccccc2)c1=O. The molecule has 0 radical (unpaired) electrons. The van der Waals surface area contributed by atoms with Crippen LogP contribution in [0.5, 0.6) is 5.75 Å². The minimum absolute atomic E-state index is 0.0401. The van der Waals surface area contributed by atoms with Gasteiger partial charge in [-0.2, -0.15) is 0 Å². The van der Waals surface area contributed by atoms with Crippen molar-refractivity contribution in [1.29, 1.82) is 0 Å². The number of pyridine rings is 1. The van der Waals surface area contributed by atoms with Crippen molar-refractivity contribution >= 4 is 17.5 Å². The number of hydrogen-bond donors (Lipinski definition) is 1. The molecule has 1 N–H and O–H groups in total. The van der Waals surface area contributed by atoms with E-state index in [-0.39, 0.29) is 18.2 Å². The minimum atomic E-state index is -0.480. The molecule has 1 aromatic heterocycles. The van der Waals surface area contributed by atoms with Gasteiger partial charge in [0.2, 0.25) is 0 Å². The summed E-state index contributed by atoms with van der Waals surface area (Å²) in [7, 11) is 1.54. The minimum Gasteiger partial charge on any atom is -0.484 e. The Morgan fingerprint density at radius 3 is 2.59 bits per heavy atom. The van der Waals surface area contributed by atoms with Crippen molar-refractivity contribution in [2.75, 3.05) is 38.2 Å². The molecular weight excluding hydrogens is 350 g/mol. The van der Waals surface area contributed by atoms with Crippen LogP contribution in [-0.4, -0.2) is 54.2 Å². The maximum absolute atomic E-state index is 12.6. The van der Waals surface area contributed by atoms with E-state index in [1.54, 1.807) is 29.2 Å². The van der Waals surface area contributed by atoms with Crippen molar-refractivity contribution in [2.45, 2.75) is 0 Å². The Morgan fingerprint density at radius 1 is 1.19 bits per heavy atom. The van der Waals surface area contributed by atoms with E-state index in [2.05, 4.69) is 5.32 Å². The molecule has 0 spiro atoms. The maximum Gasteiger partial charge on any atom is 0.274 e. The smallest absolute Gasteiger partial charge is 0.274 e. The van der Waals surface area contributed by atoms with Crippen molar-refractivity contribution in [1.82, 2.24) is 9.47 Å². The molecule has 2 amide bonds. The van der Waals surface area contributed by atoms with Crippen molar-refractivity contribution in [3.05, 3.63) is 58.5 Å². The monoisotopic (exact) mass is 371 g/mol. The molecule has 142 valence electrons. The highest BCUT2D eigenvalue weighted by atomic mass is 16.5. The summed E-state index contributed by atoms with van der Waals surface area (Å²) in [6.07, 6.45) is 1.47. The molecule has 1 aromatic carbocycles. The summed E-state index contributed by atoms with van der Waals surface area (Å²) in [6, 6.07) is 10.3. The third kappa shape index (κ3) is 4.73. The molecule has 0 unspecified atom stereocenters. The van der Waals surface area contributed by atoms with Gasteiger partial charge >= 0.3 is 0 Å². The molecule has 3 rings (SSSR count). The first-order valence-corrected chi connectivity index (χ1v) is 8.60. The molecule has 1 fully saturated rings. The van der Waals surface area contributed by atoms with Gasteiger partial charge in [-0.15, -0.1) is 0 Å². The largest absolute Gasteiger partial charge is 0.484 e. The first kappa shape index (κ1) is 18.7. The van der Waals surface area contributed by atoms with Crippen LogP contribution < -0.4 is 15.6 Å². The van der Waals surface area contributed by atoms with E-state index in [1.165, 1.54) is 23.9 Å². The van der Waals surface area contributed by atoms with Gasteiger partial charge < -0.3 is 24.3 Å². The molecule has 1 aliphatic heterocycles. The number of hydrogen-bond acceptors (Lipinski definition) is 5. The maximum atomic E-state index is 12.6. The lowest BCUT2D eigenvalue weighted by Gasteiger charge is -2.27. The van der Waals surface area contributed by atoms with Crippen molar-refractivity contribution < 1.29 is 19.1 Å². The van der Waals surface area contributed by atoms with E-state index in [0.29, 0.717) is 37.6 Å². The number of anilines is 1. The average Bonchev–Trinajstić information content (AvgIpc) is 2.70. The number of aryl methyl sites for hydroxylation is 1. The van der Waals surface area contributed by atoms with Crippen LogP contribution in [0.25, 0.3) is 0 Å². The molecule has 2 aromatic rings. The van der Waals surface area contributed by atoms with E-state index < -0.39 is 11.5 Å². The summed E-state index contributed by atoms with van der Waals surface area (Å²) >= 11 is 0. The standard InChI is InChI=1S/C19H21N3O5/c1-21-12-14(18(24)22-7-9-26-10-8-22)11-16(19(21)25)20-17(23)13-27-15-5-3-2-4-6-15/h2-6,11-12H,7-10,13H2,1H3,(H,20,23). The van der Waals surface area contributed by atoms with Gasteiger partial charge in [-0.05, 0) is 18.2 Å². The van der Waals surface area contributed by atoms with Gasteiger partial charge in [0, 0.05) is 26.3 Å². The Labute approximate surface area is 156 Å². The van der Waals surface area contributed by atoms with E-state index in [9.17, 15) is 14.4 Å². The second-order valence-electron chi connectivity index (χ2n) is 6.11. The Kier molecular flexibility index (Phi) is 5.87. The summed E-state index contributed by atoms with van der Waals surface area (Å²) < 4.78 is 11.9. The molecule has 8 nitrogen and oxygen atoms in total. The highest BCUT2D eigenvalue weighted by molar-refractivity contribution is 5.97. The molecular formula is C19H21N3O5. The molecule has 2 heterocycles. The Hall–Kier alpha value is -3.13. The van der Waals surface area contributed by atoms with Crippen LogP contribution in [-0.2, 0) is 16.6 Å². The number of para-hydroxylation sites is 1. The zero-order valence-corrected chi connectivity index (χ0v) is 15.0. The second kappa shape index (κ2) is 8.50. The van der Waals surface area contributed by atoms with Crippen LogP contribution in [0.3, 0.4) is 0 Å². The van der Waals surface area contributed by atoms with Gasteiger partial charge in [0.05, 0.1) is 18.8 Å². The molecule has 8 heteroatoms. The number of carbonyl (C=O) groups excluding carboxylic acids is 2. The lowest BCUT2D eigenvalue weighted by atomic mass is 10.2. The van der Waals surface area contributed by atoms with Gasteiger partial charge in [-0.1, -0.05) is 18.2 Å². The fourth-order valence-corrected chi connectivity index (χ4v) is 2.72. The molecule has 0 atom stereocenters. The number of benzene rings is 1. The lowest BCUT2D eigenvalue weighted by molar-refractivity contribution is -0.118. The molecule has 1 aliphatic rings. The Bertz CT molecular complexity index is 873. The zero-order valence-electron chi connectivity index (χ0n) is 15.0. The third-order valence-electron chi connectivity index (χ3n) is 4.12. The van der Waals surface area contributed by atoms with Crippen LogP contribution in [0.4, 0.5) is 5.69 Å². The summed E-state index contributed by atoms with van der Waals surface area (Å²) in [5.41, 5.74) is -0.0295. The zero-order chi connectivity index (χ0) is 19.2. The van der Waals surface area contributed by atoms with Gasteiger partial charge in [0.25, 0.3) is 17.4 Å². The van der Waals surface area contributed by atoms with Crippen molar-refractivity contribution in [2.24, 2.45) is 7.05 Å². The number of ether oxygens (including phenoxy) is 2. The van der Waals surface area contributed by atoms with E-state index in [1.807, 2.05) is 6.07 Å². The van der Waals surface area contributed by atoms with Crippen molar-refractivity contribution in [3.8, 4) is 5.75 Å². The fraction of sp³-hybridized carbons (Fsp3) is 0.316. The topological polar surface area (TPSA) is 89.9 Å². The van der Waals surface area contributed by atoms with Crippen LogP contribution in [0.2, 0.25) is 0 Å². The summed E-state index contributed by atoms with van der Waals surface area (Å²) in [5, 5.41) is 2.53. The highest BCUT2D eigenvalue weighted by Gasteiger charge is 2.20. The predicted molar refractivity (Wildman–Crippen MR) is 99.0 cm³/mol. The normalized spacial score (nSPS) is 13.9. The summed E-state index contributed by atoms with van der Waals surface area (Å²) in [5.74, 6) is -0.131. The quantitative estimate of drug-likeness (QED) is 0.843. The number of rotatable bonds is 5. The van der Waals surface area contributed by atoms with Crippen LogP contribution in [0, 0.1) is 0 Å². The predicted octanol–water partition coefficient (Wildman–Crippen LogP) is 0.875. The Balaban J connectivity index is 1.70. The number of amides is 2. The van der Waals surface area contributed by atoms with E-state index in [0.717, 1.165) is 0 Å². The van der Waals surface area contributed by atoms with Gasteiger partial charge in [0.1, 0.15) is 11.4 Å². The van der Waals surface area contributed by atoms with Gasteiger partial charge in [0.15, 0.2) is 6.61 Å². The molecule has 0 saturated carbocycles.